The molecule has 1 nitrogen and oxygen atoms in total. The van der Waals surface area contributed by atoms with E-state index in [4.69, 9.17) is 0 Å². The summed E-state index contributed by atoms with van der Waals surface area (Å²) < 4.78 is 0. The first kappa shape index (κ1) is 12.0. The van der Waals surface area contributed by atoms with E-state index >= 15 is 0 Å². The average Bonchev–Trinajstić information content (AvgIpc) is 2.68. The molecule has 0 amide bonds. The maximum atomic E-state index is 11.9. The fourth-order valence-corrected chi connectivity index (χ4v) is 1.76. The Morgan fingerprint density at radius 2 is 2.27 bits per heavy atom. The first-order chi connectivity index (χ1) is 7.11. The molecule has 0 aliphatic heterocycles. The van der Waals surface area contributed by atoms with E-state index in [-0.39, 0.29) is 5.78 Å². The third-order valence-electron chi connectivity index (χ3n) is 2.71. The minimum Gasteiger partial charge on any atom is -0.289 e. The van der Waals surface area contributed by atoms with Crippen LogP contribution in [0.2, 0.25) is 0 Å². The van der Waals surface area contributed by atoms with Crippen LogP contribution >= 0.6 is 0 Å². The van der Waals surface area contributed by atoms with Crippen LogP contribution in [0.4, 0.5) is 0 Å². The monoisotopic (exact) mass is 204 g/mol. The summed E-state index contributed by atoms with van der Waals surface area (Å²) >= 11 is 0. The molecule has 15 heavy (non-hydrogen) atoms. The van der Waals surface area contributed by atoms with Gasteiger partial charge < -0.3 is 0 Å². The quantitative estimate of drug-likeness (QED) is 0.489. The van der Waals surface area contributed by atoms with Crippen molar-refractivity contribution in [3.63, 3.8) is 0 Å². The van der Waals surface area contributed by atoms with Crippen LogP contribution in [-0.4, -0.2) is 5.78 Å². The van der Waals surface area contributed by atoms with Gasteiger partial charge in [0.15, 0.2) is 5.78 Å². The number of carbonyl (C=O) groups is 1. The first-order valence-corrected chi connectivity index (χ1v) is 5.66. The van der Waals surface area contributed by atoms with Gasteiger partial charge in [0.2, 0.25) is 0 Å². The lowest BCUT2D eigenvalue weighted by Crippen LogP contribution is -2.01. The molecule has 1 aliphatic rings. The minimum absolute atomic E-state index is 0.245. The Kier molecular flexibility index (Phi) is 4.54. The van der Waals surface area contributed by atoms with E-state index in [0.717, 1.165) is 43.3 Å². The van der Waals surface area contributed by atoms with E-state index in [0.29, 0.717) is 0 Å². The molecule has 0 saturated carbocycles. The normalized spacial score (nSPS) is 16.4. The third kappa shape index (κ3) is 3.86. The van der Waals surface area contributed by atoms with Crippen molar-refractivity contribution in [2.75, 3.05) is 0 Å². The summed E-state index contributed by atoms with van der Waals surface area (Å²) in [7, 11) is 0. The zero-order valence-electron chi connectivity index (χ0n) is 9.81. The van der Waals surface area contributed by atoms with E-state index in [9.17, 15) is 4.79 Å². The van der Waals surface area contributed by atoms with Crippen LogP contribution in [0, 0.1) is 0 Å². The summed E-state index contributed by atoms with van der Waals surface area (Å²) in [5, 5.41) is 0. The van der Waals surface area contributed by atoms with Crippen LogP contribution in [0.15, 0.2) is 35.5 Å². The summed E-state index contributed by atoms with van der Waals surface area (Å²) in [6.07, 6.45) is 9.20. The van der Waals surface area contributed by atoms with Gasteiger partial charge in [0.25, 0.3) is 0 Å². The highest BCUT2D eigenvalue weighted by Crippen LogP contribution is 2.21. The second-order valence-electron chi connectivity index (χ2n) is 4.33. The molecule has 1 aliphatic carbocycles. The Hall–Kier alpha value is -1.11. The van der Waals surface area contributed by atoms with Gasteiger partial charge in [0.05, 0.1) is 0 Å². The van der Waals surface area contributed by atoms with Gasteiger partial charge >= 0.3 is 0 Å². The second-order valence-corrected chi connectivity index (χ2v) is 4.33. The van der Waals surface area contributed by atoms with E-state index in [1.165, 1.54) is 5.57 Å². The van der Waals surface area contributed by atoms with Crippen molar-refractivity contribution in [2.24, 2.45) is 0 Å². The predicted octanol–water partition coefficient (Wildman–Crippen LogP) is 3.97. The lowest BCUT2D eigenvalue weighted by atomic mass is 10.0. The Bertz CT molecular complexity index is 318. The van der Waals surface area contributed by atoms with Crippen molar-refractivity contribution in [1.82, 2.24) is 0 Å². The fourth-order valence-electron chi connectivity index (χ4n) is 1.76. The standard InChI is InChI=1S/C14H20O/c1-11(2)7-6-8-12(3)14(15)13-9-4-5-10-13/h8-9H,1,4-7,10H2,2-3H3/b12-8+. The van der Waals surface area contributed by atoms with Crippen LogP contribution in [0.3, 0.4) is 0 Å². The van der Waals surface area contributed by atoms with Gasteiger partial charge in [0.1, 0.15) is 0 Å². The number of carbonyl (C=O) groups excluding carboxylic acids is 1. The lowest BCUT2D eigenvalue weighted by molar-refractivity contribution is -0.112. The number of ketones is 1. The largest absolute Gasteiger partial charge is 0.289 e. The van der Waals surface area contributed by atoms with Crippen molar-refractivity contribution in [1.29, 1.82) is 0 Å². The average molecular weight is 204 g/mol. The van der Waals surface area contributed by atoms with E-state index in [2.05, 4.69) is 12.7 Å². The molecule has 0 saturated heterocycles. The van der Waals surface area contributed by atoms with Crippen LogP contribution in [-0.2, 0) is 4.79 Å². The molecular formula is C14H20O. The van der Waals surface area contributed by atoms with Gasteiger partial charge in [-0.1, -0.05) is 17.7 Å². The van der Waals surface area contributed by atoms with Crippen LogP contribution < -0.4 is 0 Å². The van der Waals surface area contributed by atoms with Crippen molar-refractivity contribution in [3.8, 4) is 0 Å². The Morgan fingerprint density at radius 1 is 1.53 bits per heavy atom. The summed E-state index contributed by atoms with van der Waals surface area (Å²) in [6, 6.07) is 0. The fraction of sp³-hybridized carbons (Fsp3) is 0.500. The Labute approximate surface area is 92.6 Å². The van der Waals surface area contributed by atoms with Crippen molar-refractivity contribution in [3.05, 3.63) is 35.5 Å². The molecule has 0 bridgehead atoms. The molecule has 82 valence electrons. The summed E-state index contributed by atoms with van der Waals surface area (Å²) in [5.41, 5.74) is 3.08. The van der Waals surface area contributed by atoms with Crippen molar-refractivity contribution in [2.45, 2.75) is 46.0 Å². The SMILES string of the molecule is C=C(C)CC/C=C(\C)C(=O)C1=CCCC1. The topological polar surface area (TPSA) is 17.1 Å². The highest BCUT2D eigenvalue weighted by atomic mass is 16.1. The number of hydrogen-bond acceptors (Lipinski definition) is 1. The molecule has 0 aromatic carbocycles. The minimum atomic E-state index is 0.245. The van der Waals surface area contributed by atoms with Crippen LogP contribution in [0.25, 0.3) is 0 Å². The molecule has 0 radical (unpaired) electrons. The zero-order valence-corrected chi connectivity index (χ0v) is 9.81. The molecule has 0 aromatic heterocycles. The van der Waals surface area contributed by atoms with E-state index in [1.807, 2.05) is 19.9 Å². The Morgan fingerprint density at radius 3 is 2.80 bits per heavy atom. The smallest absolute Gasteiger partial charge is 0.184 e. The maximum absolute atomic E-state index is 11.9. The van der Waals surface area contributed by atoms with Gasteiger partial charge in [0, 0.05) is 0 Å². The van der Waals surface area contributed by atoms with Crippen molar-refractivity contribution >= 4 is 5.78 Å². The molecular weight excluding hydrogens is 184 g/mol. The van der Waals surface area contributed by atoms with Crippen molar-refractivity contribution < 1.29 is 4.79 Å². The highest BCUT2D eigenvalue weighted by Gasteiger charge is 2.14. The van der Waals surface area contributed by atoms with Gasteiger partial charge in [-0.25, -0.2) is 0 Å². The van der Waals surface area contributed by atoms with Gasteiger partial charge in [-0.15, -0.1) is 6.58 Å². The number of rotatable bonds is 5. The first-order valence-electron chi connectivity index (χ1n) is 5.66. The van der Waals surface area contributed by atoms with Crippen LogP contribution in [0.5, 0.6) is 0 Å². The molecule has 1 heteroatoms. The predicted molar refractivity (Wildman–Crippen MR) is 64.7 cm³/mol. The van der Waals surface area contributed by atoms with Crippen LogP contribution in [0.1, 0.15) is 46.0 Å². The second kappa shape index (κ2) is 5.69. The summed E-state index contributed by atoms with van der Waals surface area (Å²) in [4.78, 5) is 11.9. The molecule has 0 aromatic rings. The molecule has 0 heterocycles. The summed E-state index contributed by atoms with van der Waals surface area (Å²) in [5.74, 6) is 0.245. The molecule has 0 fully saturated rings. The van der Waals surface area contributed by atoms with E-state index < -0.39 is 0 Å². The lowest BCUT2D eigenvalue weighted by Gasteiger charge is -2.01. The number of hydrogen-bond donors (Lipinski definition) is 0. The van der Waals surface area contributed by atoms with Gasteiger partial charge in [-0.3, -0.25) is 4.79 Å². The van der Waals surface area contributed by atoms with E-state index in [1.54, 1.807) is 0 Å². The number of allylic oxidation sites excluding steroid dienone is 5. The zero-order chi connectivity index (χ0) is 11.3. The number of Topliss-reactive ketones (excluding diaryl/α,β-unsaturated/α-hetero) is 1. The molecule has 0 N–H and O–H groups in total. The molecule has 0 spiro atoms. The third-order valence-corrected chi connectivity index (χ3v) is 2.71. The van der Waals surface area contributed by atoms with Gasteiger partial charge in [-0.2, -0.15) is 0 Å². The van der Waals surface area contributed by atoms with Gasteiger partial charge in [-0.05, 0) is 57.1 Å². The molecule has 1 rings (SSSR count). The maximum Gasteiger partial charge on any atom is 0.184 e. The Balaban J connectivity index is 2.48. The summed E-state index contributed by atoms with van der Waals surface area (Å²) in [6.45, 7) is 7.78. The molecule has 0 atom stereocenters. The molecule has 0 unspecified atom stereocenters. The highest BCUT2D eigenvalue weighted by molar-refractivity contribution is 6.07.